The van der Waals surface area contributed by atoms with Gasteiger partial charge in [0.2, 0.25) is 0 Å². The number of nitrogens with one attached hydrogen (secondary N) is 2. The molecule has 5 nitrogen and oxygen atoms in total. The minimum absolute atomic E-state index is 0.428. The largest absolute Gasteiger partial charge is 0.397 e. The van der Waals surface area contributed by atoms with Gasteiger partial charge in [-0.2, -0.15) is 0 Å². The molecule has 1 rings (SSSR count). The van der Waals surface area contributed by atoms with Crippen molar-refractivity contribution in [3.63, 3.8) is 0 Å². The average Bonchev–Trinajstić information content (AvgIpc) is 2.21. The molecule has 18 heavy (non-hydrogen) atoms. The molecule has 0 aliphatic carbocycles. The highest BCUT2D eigenvalue weighted by atomic mass is 16.2. The first-order chi connectivity index (χ1) is 8.19. The lowest BCUT2D eigenvalue weighted by molar-refractivity contribution is -0.137. The predicted octanol–water partition coefficient (Wildman–Crippen LogP) is 1.43. The molecule has 4 N–H and O–H groups in total. The zero-order chi connectivity index (χ0) is 13.9. The Kier molecular flexibility index (Phi) is 3.96. The Bertz CT molecular complexity index is 476. The highest BCUT2D eigenvalue weighted by Crippen LogP contribution is 2.19. The minimum atomic E-state index is -0.720. The molecular formula is C13H19N3O2. The van der Waals surface area contributed by atoms with Gasteiger partial charge in [-0.25, -0.2) is 0 Å². The van der Waals surface area contributed by atoms with E-state index in [1.807, 2.05) is 13.0 Å². The Morgan fingerprint density at radius 1 is 1.17 bits per heavy atom. The van der Waals surface area contributed by atoms with E-state index in [-0.39, 0.29) is 0 Å². The van der Waals surface area contributed by atoms with E-state index in [4.69, 9.17) is 5.73 Å². The number of carbonyl (C=O) groups excluding carboxylic acids is 2. The van der Waals surface area contributed by atoms with E-state index >= 15 is 0 Å². The van der Waals surface area contributed by atoms with Crippen LogP contribution in [0.2, 0.25) is 0 Å². The van der Waals surface area contributed by atoms with Crippen molar-refractivity contribution in [2.45, 2.75) is 33.2 Å². The molecule has 0 atom stereocenters. The van der Waals surface area contributed by atoms with Crippen LogP contribution in [0.25, 0.3) is 0 Å². The van der Waals surface area contributed by atoms with Crippen LogP contribution in [0.1, 0.15) is 26.3 Å². The first kappa shape index (κ1) is 14.0. The van der Waals surface area contributed by atoms with Crippen LogP contribution < -0.4 is 16.4 Å². The summed E-state index contributed by atoms with van der Waals surface area (Å²) in [5, 5.41) is 5.08. The maximum absolute atomic E-state index is 11.7. The maximum atomic E-state index is 11.7. The van der Waals surface area contributed by atoms with E-state index in [0.29, 0.717) is 11.4 Å². The van der Waals surface area contributed by atoms with Gasteiger partial charge in [0.15, 0.2) is 0 Å². The summed E-state index contributed by atoms with van der Waals surface area (Å²) in [6.45, 7) is 7.29. The van der Waals surface area contributed by atoms with Gasteiger partial charge in [-0.15, -0.1) is 0 Å². The second-order valence-electron chi connectivity index (χ2n) is 5.25. The molecule has 0 saturated carbocycles. The molecule has 1 aromatic carbocycles. The third-order valence-corrected chi connectivity index (χ3v) is 2.15. The van der Waals surface area contributed by atoms with Crippen molar-refractivity contribution >= 4 is 23.2 Å². The fourth-order valence-electron chi connectivity index (χ4n) is 1.35. The van der Waals surface area contributed by atoms with Gasteiger partial charge in [0.05, 0.1) is 11.4 Å². The number of anilines is 2. The molecule has 2 amide bonds. The van der Waals surface area contributed by atoms with Crippen LogP contribution in [0.3, 0.4) is 0 Å². The fourth-order valence-corrected chi connectivity index (χ4v) is 1.35. The van der Waals surface area contributed by atoms with E-state index in [1.54, 1.807) is 32.9 Å². The molecule has 0 heterocycles. The lowest BCUT2D eigenvalue weighted by Crippen LogP contribution is -2.46. The molecule has 0 aliphatic rings. The maximum Gasteiger partial charge on any atom is 0.313 e. The number of aryl methyl sites for hydroxylation is 1. The molecule has 98 valence electrons. The Balaban J connectivity index is 2.76. The molecule has 0 bridgehead atoms. The van der Waals surface area contributed by atoms with Crippen LogP contribution in [0, 0.1) is 6.92 Å². The predicted molar refractivity (Wildman–Crippen MR) is 72.1 cm³/mol. The van der Waals surface area contributed by atoms with Crippen LogP contribution in [0.15, 0.2) is 18.2 Å². The Morgan fingerprint density at radius 2 is 1.78 bits per heavy atom. The van der Waals surface area contributed by atoms with Crippen LogP contribution in [0.4, 0.5) is 11.4 Å². The number of amides is 2. The average molecular weight is 249 g/mol. The van der Waals surface area contributed by atoms with Gasteiger partial charge in [-0.3, -0.25) is 9.59 Å². The summed E-state index contributed by atoms with van der Waals surface area (Å²) >= 11 is 0. The number of nitrogen functional groups attached to an aromatic ring is 1. The molecule has 0 radical (unpaired) electrons. The SMILES string of the molecule is Cc1ccc(N)c(NC(=O)C(=O)NC(C)(C)C)c1. The van der Waals surface area contributed by atoms with E-state index in [0.717, 1.165) is 5.56 Å². The van der Waals surface area contributed by atoms with Gasteiger partial charge in [-0.05, 0) is 45.4 Å². The third kappa shape index (κ3) is 4.08. The summed E-state index contributed by atoms with van der Waals surface area (Å²) in [6.07, 6.45) is 0. The number of nitrogens with two attached hydrogens (primary N) is 1. The zero-order valence-electron chi connectivity index (χ0n) is 11.1. The van der Waals surface area contributed by atoms with Crippen molar-refractivity contribution in [1.82, 2.24) is 5.32 Å². The van der Waals surface area contributed by atoms with Crippen LogP contribution in [-0.4, -0.2) is 17.4 Å². The summed E-state index contributed by atoms with van der Waals surface area (Å²) < 4.78 is 0. The Labute approximate surface area is 107 Å². The topological polar surface area (TPSA) is 84.2 Å². The number of rotatable bonds is 1. The van der Waals surface area contributed by atoms with Gasteiger partial charge in [0.25, 0.3) is 0 Å². The Hall–Kier alpha value is -2.04. The lowest BCUT2D eigenvalue weighted by atomic mass is 10.1. The molecule has 0 aliphatic heterocycles. The van der Waals surface area contributed by atoms with E-state index in [2.05, 4.69) is 10.6 Å². The second-order valence-corrected chi connectivity index (χ2v) is 5.25. The fraction of sp³-hybridized carbons (Fsp3) is 0.385. The molecule has 5 heteroatoms. The minimum Gasteiger partial charge on any atom is -0.397 e. The van der Waals surface area contributed by atoms with Crippen molar-refractivity contribution in [2.75, 3.05) is 11.1 Å². The zero-order valence-corrected chi connectivity index (χ0v) is 11.1. The molecule has 0 unspecified atom stereocenters. The third-order valence-electron chi connectivity index (χ3n) is 2.15. The molecule has 0 spiro atoms. The summed E-state index contributed by atoms with van der Waals surface area (Å²) in [5.74, 6) is -1.40. The number of benzene rings is 1. The summed E-state index contributed by atoms with van der Waals surface area (Å²) in [4.78, 5) is 23.3. The second kappa shape index (κ2) is 5.08. The standard InChI is InChI=1S/C13H19N3O2/c1-8-5-6-9(14)10(7-8)15-11(17)12(18)16-13(2,3)4/h5-7H,14H2,1-4H3,(H,15,17)(H,16,18). The van der Waals surface area contributed by atoms with Crippen molar-refractivity contribution in [1.29, 1.82) is 0 Å². The Morgan fingerprint density at radius 3 is 2.33 bits per heavy atom. The summed E-state index contributed by atoms with van der Waals surface area (Å²) in [6, 6.07) is 5.24. The van der Waals surface area contributed by atoms with Gasteiger partial charge in [0, 0.05) is 5.54 Å². The number of carbonyl (C=O) groups is 2. The van der Waals surface area contributed by atoms with Crippen LogP contribution in [-0.2, 0) is 9.59 Å². The molecule has 0 saturated heterocycles. The van der Waals surface area contributed by atoms with Gasteiger partial charge >= 0.3 is 11.8 Å². The molecule has 1 aromatic rings. The van der Waals surface area contributed by atoms with E-state index in [1.165, 1.54) is 0 Å². The van der Waals surface area contributed by atoms with E-state index < -0.39 is 17.4 Å². The van der Waals surface area contributed by atoms with Crippen LogP contribution in [0.5, 0.6) is 0 Å². The quantitative estimate of drug-likeness (QED) is 0.520. The first-order valence-electron chi connectivity index (χ1n) is 5.68. The highest BCUT2D eigenvalue weighted by molar-refractivity contribution is 6.40. The normalized spacial score (nSPS) is 10.9. The first-order valence-corrected chi connectivity index (χ1v) is 5.68. The smallest absolute Gasteiger partial charge is 0.313 e. The summed E-state index contributed by atoms with van der Waals surface area (Å²) in [7, 11) is 0. The summed E-state index contributed by atoms with van der Waals surface area (Å²) in [5.41, 5.74) is 7.10. The lowest BCUT2D eigenvalue weighted by Gasteiger charge is -2.20. The molecule has 0 aromatic heterocycles. The monoisotopic (exact) mass is 249 g/mol. The molecule has 0 fully saturated rings. The van der Waals surface area contributed by atoms with Crippen LogP contribution >= 0.6 is 0 Å². The number of hydrogen-bond donors (Lipinski definition) is 3. The van der Waals surface area contributed by atoms with E-state index in [9.17, 15) is 9.59 Å². The highest BCUT2D eigenvalue weighted by Gasteiger charge is 2.20. The van der Waals surface area contributed by atoms with Gasteiger partial charge in [-0.1, -0.05) is 6.07 Å². The van der Waals surface area contributed by atoms with Gasteiger partial charge < -0.3 is 16.4 Å². The van der Waals surface area contributed by atoms with Crippen molar-refractivity contribution in [2.24, 2.45) is 0 Å². The van der Waals surface area contributed by atoms with Crippen molar-refractivity contribution in [3.05, 3.63) is 23.8 Å². The van der Waals surface area contributed by atoms with Crippen molar-refractivity contribution < 1.29 is 9.59 Å². The number of hydrogen-bond acceptors (Lipinski definition) is 3. The van der Waals surface area contributed by atoms with Gasteiger partial charge in [0.1, 0.15) is 0 Å². The molecular weight excluding hydrogens is 230 g/mol. The van der Waals surface area contributed by atoms with Crippen molar-refractivity contribution in [3.8, 4) is 0 Å².